The first-order valence-corrected chi connectivity index (χ1v) is 6.41. The van der Waals surface area contributed by atoms with Gasteiger partial charge in [-0.3, -0.25) is 4.68 Å². The molecule has 0 fully saturated rings. The van der Waals surface area contributed by atoms with E-state index in [1.165, 1.54) is 0 Å². The van der Waals surface area contributed by atoms with Crippen molar-refractivity contribution in [3.63, 3.8) is 0 Å². The van der Waals surface area contributed by atoms with Gasteiger partial charge in [-0.05, 0) is 31.7 Å². The summed E-state index contributed by atoms with van der Waals surface area (Å²) in [4.78, 5) is 0. The van der Waals surface area contributed by atoms with Gasteiger partial charge in [-0.1, -0.05) is 29.3 Å². The van der Waals surface area contributed by atoms with E-state index in [1.54, 1.807) is 0 Å². The maximum absolute atomic E-state index is 6.07. The molecule has 1 N–H and O–H groups in total. The summed E-state index contributed by atoms with van der Waals surface area (Å²) in [6.45, 7) is 2.05. The molecule has 2 aromatic rings. The van der Waals surface area contributed by atoms with Gasteiger partial charge in [-0.15, -0.1) is 0 Å². The molecule has 0 amide bonds. The zero-order valence-corrected chi connectivity index (χ0v) is 12.0. The van der Waals surface area contributed by atoms with Gasteiger partial charge < -0.3 is 5.32 Å². The van der Waals surface area contributed by atoms with E-state index in [1.807, 2.05) is 50.1 Å². The molecular formula is C13H15Cl2N3. The summed E-state index contributed by atoms with van der Waals surface area (Å²) in [5.74, 6) is 0. The maximum Gasteiger partial charge on any atom is 0.0608 e. The lowest BCUT2D eigenvalue weighted by molar-refractivity contribution is 0.679. The highest BCUT2D eigenvalue weighted by atomic mass is 35.5. The van der Waals surface area contributed by atoms with Crippen LogP contribution in [0, 0.1) is 6.92 Å². The predicted molar refractivity (Wildman–Crippen MR) is 75.3 cm³/mol. The highest BCUT2D eigenvalue weighted by molar-refractivity contribution is 6.42. The molecule has 18 heavy (non-hydrogen) atoms. The van der Waals surface area contributed by atoms with Gasteiger partial charge in [-0.2, -0.15) is 5.10 Å². The van der Waals surface area contributed by atoms with E-state index in [0.29, 0.717) is 10.0 Å². The molecule has 2 rings (SSSR count). The largest absolute Gasteiger partial charge is 0.309 e. The Hall–Kier alpha value is -1.03. The number of hydrogen-bond acceptors (Lipinski definition) is 2. The van der Waals surface area contributed by atoms with Crippen LogP contribution in [-0.4, -0.2) is 16.8 Å². The molecule has 3 nitrogen and oxygen atoms in total. The van der Waals surface area contributed by atoms with Crippen LogP contribution in [0.3, 0.4) is 0 Å². The predicted octanol–water partition coefficient (Wildman–Crippen LogP) is 3.34. The lowest BCUT2D eigenvalue weighted by atomic mass is 10.00. The topological polar surface area (TPSA) is 29.9 Å². The third-order valence-corrected chi connectivity index (χ3v) is 3.89. The fraction of sp³-hybridized carbons (Fsp3) is 0.308. The number of nitrogens with zero attached hydrogens (tertiary/aromatic N) is 2. The van der Waals surface area contributed by atoms with E-state index in [0.717, 1.165) is 16.8 Å². The normalized spacial score (nSPS) is 12.7. The molecule has 0 aliphatic carbocycles. The number of aryl methyl sites for hydroxylation is 1. The minimum absolute atomic E-state index is 0.0634. The van der Waals surface area contributed by atoms with Crippen molar-refractivity contribution in [2.24, 2.45) is 7.05 Å². The van der Waals surface area contributed by atoms with Crippen LogP contribution in [-0.2, 0) is 7.05 Å². The van der Waals surface area contributed by atoms with Crippen molar-refractivity contribution in [3.8, 4) is 0 Å². The number of hydrogen-bond donors (Lipinski definition) is 1. The van der Waals surface area contributed by atoms with Crippen LogP contribution in [0.5, 0.6) is 0 Å². The molecule has 0 saturated carbocycles. The Morgan fingerprint density at radius 2 is 2.00 bits per heavy atom. The van der Waals surface area contributed by atoms with Gasteiger partial charge in [0.1, 0.15) is 0 Å². The molecule has 0 radical (unpaired) electrons. The van der Waals surface area contributed by atoms with Crippen molar-refractivity contribution in [2.75, 3.05) is 7.05 Å². The second-order valence-corrected chi connectivity index (χ2v) is 5.02. The quantitative estimate of drug-likeness (QED) is 0.936. The van der Waals surface area contributed by atoms with E-state index < -0.39 is 0 Å². The van der Waals surface area contributed by atoms with Crippen LogP contribution in [0.2, 0.25) is 10.0 Å². The van der Waals surface area contributed by atoms with Crippen molar-refractivity contribution in [3.05, 3.63) is 51.3 Å². The van der Waals surface area contributed by atoms with Crippen molar-refractivity contribution in [1.29, 1.82) is 0 Å². The van der Waals surface area contributed by atoms with Crippen molar-refractivity contribution >= 4 is 23.2 Å². The first-order valence-electron chi connectivity index (χ1n) is 5.65. The fourth-order valence-electron chi connectivity index (χ4n) is 1.99. The number of rotatable bonds is 3. The summed E-state index contributed by atoms with van der Waals surface area (Å²) in [5.41, 5.74) is 3.34. The monoisotopic (exact) mass is 283 g/mol. The maximum atomic E-state index is 6.07. The minimum Gasteiger partial charge on any atom is -0.309 e. The van der Waals surface area contributed by atoms with Crippen LogP contribution in [0.15, 0.2) is 24.4 Å². The summed E-state index contributed by atoms with van der Waals surface area (Å²) < 4.78 is 1.86. The highest BCUT2D eigenvalue weighted by Crippen LogP contribution is 2.29. The van der Waals surface area contributed by atoms with Gasteiger partial charge in [0.05, 0.1) is 22.3 Å². The summed E-state index contributed by atoms with van der Waals surface area (Å²) in [5, 5.41) is 8.68. The Balaban J connectivity index is 2.45. The second-order valence-electron chi connectivity index (χ2n) is 4.20. The smallest absolute Gasteiger partial charge is 0.0608 e. The second kappa shape index (κ2) is 5.31. The average Bonchev–Trinajstić information content (AvgIpc) is 2.67. The molecule has 1 atom stereocenters. The first kappa shape index (κ1) is 13.4. The number of benzene rings is 1. The molecule has 1 aromatic heterocycles. The van der Waals surface area contributed by atoms with E-state index >= 15 is 0 Å². The van der Waals surface area contributed by atoms with Gasteiger partial charge in [0.25, 0.3) is 0 Å². The number of halogens is 2. The lowest BCUT2D eigenvalue weighted by Gasteiger charge is -2.17. The Morgan fingerprint density at radius 3 is 2.50 bits per heavy atom. The van der Waals surface area contributed by atoms with Crippen LogP contribution in [0.1, 0.15) is 22.9 Å². The highest BCUT2D eigenvalue weighted by Gasteiger charge is 2.17. The lowest BCUT2D eigenvalue weighted by Crippen LogP contribution is -2.18. The molecule has 1 unspecified atom stereocenters. The van der Waals surface area contributed by atoms with Gasteiger partial charge in [0.2, 0.25) is 0 Å². The summed E-state index contributed by atoms with van der Waals surface area (Å²) in [6.07, 6.45) is 1.87. The average molecular weight is 284 g/mol. The van der Waals surface area contributed by atoms with Crippen LogP contribution < -0.4 is 5.32 Å². The first-order chi connectivity index (χ1) is 8.54. The SMILES string of the molecule is CNC(c1ccc(Cl)c(Cl)c1)c1cnn(C)c1C. The molecular weight excluding hydrogens is 269 g/mol. The molecule has 0 spiro atoms. The van der Waals surface area contributed by atoms with E-state index in [-0.39, 0.29) is 6.04 Å². The third kappa shape index (κ3) is 2.39. The van der Waals surface area contributed by atoms with E-state index in [4.69, 9.17) is 23.2 Å². The Morgan fingerprint density at radius 1 is 1.28 bits per heavy atom. The molecule has 0 bridgehead atoms. The van der Waals surface area contributed by atoms with E-state index in [9.17, 15) is 0 Å². The Labute approximate surface area is 117 Å². The van der Waals surface area contributed by atoms with Crippen LogP contribution in [0.4, 0.5) is 0 Å². The summed E-state index contributed by atoms with van der Waals surface area (Å²) in [6, 6.07) is 5.74. The Bertz CT molecular complexity index is 563. The molecule has 5 heteroatoms. The zero-order chi connectivity index (χ0) is 13.3. The third-order valence-electron chi connectivity index (χ3n) is 3.15. The van der Waals surface area contributed by atoms with Crippen molar-refractivity contribution in [2.45, 2.75) is 13.0 Å². The molecule has 0 aliphatic heterocycles. The molecule has 1 aromatic carbocycles. The van der Waals surface area contributed by atoms with Gasteiger partial charge in [0.15, 0.2) is 0 Å². The molecule has 0 saturated heterocycles. The number of nitrogens with one attached hydrogen (secondary N) is 1. The fourth-order valence-corrected chi connectivity index (χ4v) is 2.30. The molecule has 0 aliphatic rings. The standard InChI is InChI=1S/C13H15Cl2N3/c1-8-10(7-17-18(8)3)13(16-2)9-4-5-11(14)12(15)6-9/h4-7,13,16H,1-3H3. The minimum atomic E-state index is 0.0634. The summed E-state index contributed by atoms with van der Waals surface area (Å²) >= 11 is 12.0. The molecule has 1 heterocycles. The molecule has 96 valence electrons. The van der Waals surface area contributed by atoms with Crippen LogP contribution in [0.25, 0.3) is 0 Å². The van der Waals surface area contributed by atoms with Crippen molar-refractivity contribution < 1.29 is 0 Å². The van der Waals surface area contributed by atoms with E-state index in [2.05, 4.69) is 10.4 Å². The van der Waals surface area contributed by atoms with Gasteiger partial charge in [0, 0.05) is 18.3 Å². The van der Waals surface area contributed by atoms with Crippen molar-refractivity contribution in [1.82, 2.24) is 15.1 Å². The zero-order valence-electron chi connectivity index (χ0n) is 10.5. The Kier molecular flexibility index (Phi) is 3.95. The van der Waals surface area contributed by atoms with Gasteiger partial charge in [-0.25, -0.2) is 0 Å². The summed E-state index contributed by atoms with van der Waals surface area (Å²) in [7, 11) is 3.85. The van der Waals surface area contributed by atoms with Gasteiger partial charge >= 0.3 is 0 Å². The van der Waals surface area contributed by atoms with Crippen LogP contribution >= 0.6 is 23.2 Å². The number of aromatic nitrogens is 2.